The molecular weight excluding hydrogens is 336 g/mol. The molecule has 0 atom stereocenters. The Morgan fingerprint density at radius 3 is 2.90 bits per heavy atom. The van der Waals surface area contributed by atoms with Crippen molar-refractivity contribution in [3.63, 3.8) is 0 Å². The quantitative estimate of drug-likeness (QED) is 0.632. The van der Waals surface area contributed by atoms with Crippen LogP contribution in [0.25, 0.3) is 0 Å². The number of carbonyl (C=O) groups is 2. The van der Waals surface area contributed by atoms with Gasteiger partial charge in [0.15, 0.2) is 16.0 Å². The monoisotopic (exact) mass is 344 g/mol. The molecule has 0 radical (unpaired) electrons. The normalized spacial score (nSPS) is 10.4. The molecule has 2 aromatic heterocycles. The molecule has 0 saturated heterocycles. The van der Waals surface area contributed by atoms with Gasteiger partial charge in [0.2, 0.25) is 0 Å². The summed E-state index contributed by atoms with van der Waals surface area (Å²) in [6, 6.07) is 0. The number of carboxylic acid groups (broad SMARTS) is 1. The molecule has 0 aliphatic carbocycles. The first kappa shape index (κ1) is 15.7. The highest BCUT2D eigenvalue weighted by atomic mass is 35.5. The van der Waals surface area contributed by atoms with Gasteiger partial charge < -0.3 is 5.11 Å². The minimum atomic E-state index is -0.985. The lowest BCUT2D eigenvalue weighted by Crippen LogP contribution is -2.15. The molecule has 0 spiro atoms. The maximum absolute atomic E-state index is 12.1. The Hall–Kier alpha value is -1.71. The lowest BCUT2D eigenvalue weighted by Gasteiger charge is -2.04. The number of hydrogen-bond donors (Lipinski definition) is 2. The summed E-state index contributed by atoms with van der Waals surface area (Å²) in [5, 5.41) is 13.6. The first-order valence-corrected chi connectivity index (χ1v) is 8.02. The van der Waals surface area contributed by atoms with Gasteiger partial charge in [0, 0.05) is 5.38 Å². The van der Waals surface area contributed by atoms with Crippen LogP contribution in [0.3, 0.4) is 0 Å². The van der Waals surface area contributed by atoms with Gasteiger partial charge in [-0.3, -0.25) is 14.9 Å². The van der Waals surface area contributed by atoms with Crippen LogP contribution in [0.5, 0.6) is 0 Å². The largest absolute Gasteiger partial charge is 0.481 e. The number of carbonyl (C=O) groups excluding carboxylic acids is 1. The molecule has 0 unspecified atom stereocenters. The smallest absolute Gasteiger partial charge is 0.309 e. The second kappa shape index (κ2) is 6.83. The predicted molar refractivity (Wildman–Crippen MR) is 80.2 cm³/mol. The molecule has 0 aromatic carbocycles. The minimum Gasteiger partial charge on any atom is -0.481 e. The molecule has 1 amide bonds. The summed E-state index contributed by atoms with van der Waals surface area (Å²) in [6.45, 7) is 0. The number of anilines is 1. The summed E-state index contributed by atoms with van der Waals surface area (Å²) in [5.41, 5.74) is 0.424. The fraction of sp³-hybridized carbons (Fsp3) is 0.182. The molecule has 0 fully saturated rings. The van der Waals surface area contributed by atoms with E-state index in [9.17, 15) is 9.59 Å². The number of nitrogens with zero attached hydrogens (tertiary/aromatic N) is 3. The van der Waals surface area contributed by atoms with Crippen LogP contribution in [-0.2, 0) is 11.2 Å². The van der Waals surface area contributed by atoms with E-state index >= 15 is 0 Å². The highest BCUT2D eigenvalue weighted by molar-refractivity contribution is 7.98. The lowest BCUT2D eigenvalue weighted by atomic mass is 10.3. The van der Waals surface area contributed by atoms with Crippen LogP contribution >= 0.6 is 34.7 Å². The zero-order chi connectivity index (χ0) is 15.4. The molecule has 2 aromatic rings. The topological polar surface area (TPSA) is 105 Å². The highest BCUT2D eigenvalue weighted by Crippen LogP contribution is 2.20. The standard InChI is InChI=1S/C11H9ClN4O3S2/c1-20-10-13-3-6(12)8(15-10)9(19)16-11-14-5(4-21-11)2-7(17)18/h3-4H,2H2,1H3,(H,17,18)(H,14,16,19). The van der Waals surface area contributed by atoms with Crippen molar-refractivity contribution in [3.8, 4) is 0 Å². The van der Waals surface area contributed by atoms with Gasteiger partial charge in [-0.25, -0.2) is 15.0 Å². The Morgan fingerprint density at radius 2 is 2.24 bits per heavy atom. The summed E-state index contributed by atoms with van der Waals surface area (Å²) >= 11 is 8.32. The van der Waals surface area contributed by atoms with E-state index in [2.05, 4.69) is 20.3 Å². The molecule has 0 saturated carbocycles. The van der Waals surface area contributed by atoms with Crippen molar-refractivity contribution in [1.82, 2.24) is 15.0 Å². The zero-order valence-corrected chi connectivity index (χ0v) is 13.1. The van der Waals surface area contributed by atoms with Crippen LogP contribution in [0, 0.1) is 0 Å². The highest BCUT2D eigenvalue weighted by Gasteiger charge is 2.16. The van der Waals surface area contributed by atoms with Crippen LogP contribution in [0.15, 0.2) is 16.7 Å². The van der Waals surface area contributed by atoms with E-state index in [0.717, 1.165) is 11.3 Å². The summed E-state index contributed by atoms with van der Waals surface area (Å²) in [7, 11) is 0. The maximum atomic E-state index is 12.1. The summed E-state index contributed by atoms with van der Waals surface area (Å²) in [5.74, 6) is -1.50. The van der Waals surface area contributed by atoms with Gasteiger partial charge in [0.05, 0.1) is 23.3 Å². The second-order valence-corrected chi connectivity index (χ2v) is 5.76. The summed E-state index contributed by atoms with van der Waals surface area (Å²) < 4.78 is 0. The van der Waals surface area contributed by atoms with Gasteiger partial charge >= 0.3 is 5.97 Å². The molecule has 2 N–H and O–H groups in total. The molecule has 0 aliphatic rings. The van der Waals surface area contributed by atoms with Crippen LogP contribution in [-0.4, -0.2) is 38.2 Å². The average Bonchev–Trinajstić information content (AvgIpc) is 2.85. The maximum Gasteiger partial charge on any atom is 0.309 e. The number of thiazole rings is 1. The number of amides is 1. The summed E-state index contributed by atoms with van der Waals surface area (Å²) in [6.07, 6.45) is 2.94. The van der Waals surface area contributed by atoms with E-state index in [-0.39, 0.29) is 22.3 Å². The van der Waals surface area contributed by atoms with Gasteiger partial charge in [-0.05, 0) is 6.26 Å². The van der Waals surface area contributed by atoms with Crippen molar-refractivity contribution in [2.24, 2.45) is 0 Å². The second-order valence-electron chi connectivity index (χ2n) is 3.72. The number of thioether (sulfide) groups is 1. The number of rotatable bonds is 5. The van der Waals surface area contributed by atoms with E-state index in [1.807, 2.05) is 0 Å². The van der Waals surface area contributed by atoms with Gasteiger partial charge in [-0.1, -0.05) is 23.4 Å². The molecule has 0 aliphatic heterocycles. The van der Waals surface area contributed by atoms with Gasteiger partial charge in [-0.15, -0.1) is 11.3 Å². The predicted octanol–water partition coefficient (Wildman–Crippen LogP) is 2.19. The summed E-state index contributed by atoms with van der Waals surface area (Å²) in [4.78, 5) is 34.6. The van der Waals surface area contributed by atoms with E-state index in [1.165, 1.54) is 18.0 Å². The Labute approximate surface area is 132 Å². The van der Waals surface area contributed by atoms with E-state index in [4.69, 9.17) is 16.7 Å². The van der Waals surface area contributed by atoms with Crippen molar-refractivity contribution in [2.75, 3.05) is 11.6 Å². The fourth-order valence-electron chi connectivity index (χ4n) is 1.37. The van der Waals surface area contributed by atoms with Crippen molar-refractivity contribution in [1.29, 1.82) is 0 Å². The molecular formula is C11H9ClN4O3S2. The Morgan fingerprint density at radius 1 is 1.48 bits per heavy atom. The first-order chi connectivity index (χ1) is 9.99. The molecule has 7 nitrogen and oxygen atoms in total. The molecule has 0 bridgehead atoms. The number of halogens is 1. The van der Waals surface area contributed by atoms with Gasteiger partial charge in [0.25, 0.3) is 5.91 Å². The van der Waals surface area contributed by atoms with Crippen LogP contribution in [0.2, 0.25) is 5.02 Å². The molecule has 110 valence electrons. The Balaban J connectivity index is 2.14. The third-order valence-electron chi connectivity index (χ3n) is 2.22. The number of nitrogens with one attached hydrogen (secondary N) is 1. The van der Waals surface area contributed by atoms with Crippen molar-refractivity contribution in [3.05, 3.63) is 28.0 Å². The Bertz CT molecular complexity index is 692. The van der Waals surface area contributed by atoms with Gasteiger partial charge in [0.1, 0.15) is 0 Å². The van der Waals surface area contributed by atoms with Crippen LogP contribution in [0.1, 0.15) is 16.2 Å². The van der Waals surface area contributed by atoms with Crippen molar-refractivity contribution >= 4 is 51.7 Å². The lowest BCUT2D eigenvalue weighted by molar-refractivity contribution is -0.136. The number of aromatic nitrogens is 3. The molecule has 2 rings (SSSR count). The number of aliphatic carboxylic acids is 1. The Kier molecular flexibility index (Phi) is 5.10. The minimum absolute atomic E-state index is 0.0472. The third kappa shape index (κ3) is 4.13. The average molecular weight is 345 g/mol. The van der Waals surface area contributed by atoms with Gasteiger partial charge in [-0.2, -0.15) is 0 Å². The van der Waals surface area contributed by atoms with Crippen LogP contribution in [0.4, 0.5) is 5.13 Å². The number of carboxylic acids is 1. The van der Waals surface area contributed by atoms with E-state index in [1.54, 1.807) is 11.6 Å². The number of hydrogen-bond acceptors (Lipinski definition) is 7. The zero-order valence-electron chi connectivity index (χ0n) is 10.7. The molecule has 2 heterocycles. The van der Waals surface area contributed by atoms with Crippen LogP contribution < -0.4 is 5.32 Å². The molecule has 21 heavy (non-hydrogen) atoms. The van der Waals surface area contributed by atoms with E-state index in [0.29, 0.717) is 10.9 Å². The SMILES string of the molecule is CSc1ncc(Cl)c(C(=O)Nc2nc(CC(=O)O)cs2)n1. The third-order valence-corrected chi connectivity index (χ3v) is 3.87. The molecule has 10 heteroatoms. The fourth-order valence-corrected chi connectivity index (χ4v) is 2.59. The first-order valence-electron chi connectivity index (χ1n) is 5.53. The van der Waals surface area contributed by atoms with Crippen molar-refractivity contribution < 1.29 is 14.7 Å². The van der Waals surface area contributed by atoms with E-state index < -0.39 is 11.9 Å². The van der Waals surface area contributed by atoms with Crippen molar-refractivity contribution in [2.45, 2.75) is 11.6 Å².